The second-order valence-electron chi connectivity index (χ2n) is 8.10. The molecule has 4 rings (SSSR count). The Kier molecular flexibility index (Phi) is 5.71. The molecule has 2 heterocycles. The third-order valence-corrected chi connectivity index (χ3v) is 6.12. The molecule has 7 heteroatoms. The number of fused-ring (bicyclic) bond motifs is 1. The van der Waals surface area contributed by atoms with Crippen molar-refractivity contribution in [3.8, 4) is 11.5 Å². The van der Waals surface area contributed by atoms with Gasteiger partial charge < -0.3 is 19.7 Å². The summed E-state index contributed by atoms with van der Waals surface area (Å²) in [7, 11) is 0. The predicted molar refractivity (Wildman–Crippen MR) is 104 cm³/mol. The minimum atomic E-state index is -0.442. The van der Waals surface area contributed by atoms with Gasteiger partial charge in [-0.2, -0.15) is 0 Å². The van der Waals surface area contributed by atoms with E-state index in [0.29, 0.717) is 19.0 Å². The summed E-state index contributed by atoms with van der Waals surface area (Å²) in [5.74, 6) is 1.20. The molecule has 2 unspecified atom stereocenters. The second-order valence-corrected chi connectivity index (χ2v) is 8.10. The monoisotopic (exact) mass is 387 g/mol. The smallest absolute Gasteiger partial charge is 0.311 e. The molecule has 1 saturated heterocycles. The highest BCUT2D eigenvalue weighted by Crippen LogP contribution is 2.32. The maximum Gasteiger partial charge on any atom is 0.311 e. The molecule has 2 aliphatic heterocycles. The number of amides is 2. The summed E-state index contributed by atoms with van der Waals surface area (Å²) in [5, 5.41) is 2.97. The first kappa shape index (κ1) is 19.1. The summed E-state index contributed by atoms with van der Waals surface area (Å²) in [4.78, 5) is 28.9. The lowest BCUT2D eigenvalue weighted by molar-refractivity contribution is -0.147. The van der Waals surface area contributed by atoms with Gasteiger partial charge in [0.2, 0.25) is 6.79 Å². The molecule has 1 N–H and O–H groups in total. The molecule has 28 heavy (non-hydrogen) atoms. The first-order valence-corrected chi connectivity index (χ1v) is 10.3. The normalized spacial score (nSPS) is 24.8. The highest BCUT2D eigenvalue weighted by Gasteiger charge is 2.30. The second kappa shape index (κ2) is 8.39. The topological polar surface area (TPSA) is 71.1 Å². The number of carbonyl (C=O) groups excluding carboxylic acids is 2. The van der Waals surface area contributed by atoms with E-state index in [4.69, 9.17) is 9.47 Å². The molecule has 0 aromatic heterocycles. The van der Waals surface area contributed by atoms with Gasteiger partial charge in [0.1, 0.15) is 0 Å². The zero-order valence-electron chi connectivity index (χ0n) is 16.5. The van der Waals surface area contributed by atoms with Crippen molar-refractivity contribution in [2.75, 3.05) is 33.0 Å². The summed E-state index contributed by atoms with van der Waals surface area (Å²) in [6.45, 7) is 5.91. The van der Waals surface area contributed by atoms with Crippen LogP contribution in [0.1, 0.15) is 38.2 Å². The lowest BCUT2D eigenvalue weighted by Crippen LogP contribution is -2.54. The Bertz CT molecular complexity index is 730. The van der Waals surface area contributed by atoms with Crippen LogP contribution in [0.25, 0.3) is 0 Å². The number of piperazine rings is 1. The van der Waals surface area contributed by atoms with Gasteiger partial charge in [0.15, 0.2) is 11.5 Å². The van der Waals surface area contributed by atoms with Crippen LogP contribution in [-0.4, -0.2) is 60.6 Å². The Morgan fingerprint density at radius 3 is 2.61 bits per heavy atom. The fourth-order valence-corrected chi connectivity index (χ4v) is 4.31. The molecule has 1 saturated carbocycles. The first-order valence-electron chi connectivity index (χ1n) is 10.3. The molecule has 1 aliphatic carbocycles. The van der Waals surface area contributed by atoms with Crippen LogP contribution >= 0.6 is 0 Å². The predicted octanol–water partition coefficient (Wildman–Crippen LogP) is 1.75. The quantitative estimate of drug-likeness (QED) is 0.801. The number of hydrogen-bond donors (Lipinski definition) is 1. The molecule has 2 atom stereocenters. The number of benzene rings is 1. The molecule has 7 nitrogen and oxygen atoms in total. The van der Waals surface area contributed by atoms with Crippen LogP contribution in [-0.2, 0) is 16.1 Å². The Morgan fingerprint density at radius 1 is 1.07 bits per heavy atom. The van der Waals surface area contributed by atoms with Gasteiger partial charge in [-0.05, 0) is 36.5 Å². The summed E-state index contributed by atoms with van der Waals surface area (Å²) >= 11 is 0. The standard InChI is InChI=1S/C21H29N3O4/c1-15-4-2-3-5-17(15)22-20(25)21(26)24-10-8-23(9-11-24)13-16-6-7-18-19(12-16)28-14-27-18/h6-7,12,15,17H,2-5,8-11,13-14H2,1H3,(H,22,25). The van der Waals surface area contributed by atoms with Gasteiger partial charge >= 0.3 is 11.8 Å². The van der Waals surface area contributed by atoms with E-state index in [1.807, 2.05) is 18.2 Å². The molecule has 0 spiro atoms. The molecular weight excluding hydrogens is 358 g/mol. The van der Waals surface area contributed by atoms with Crippen molar-refractivity contribution in [3.63, 3.8) is 0 Å². The lowest BCUT2D eigenvalue weighted by atomic mass is 9.86. The van der Waals surface area contributed by atoms with Gasteiger partial charge in [0.25, 0.3) is 0 Å². The van der Waals surface area contributed by atoms with E-state index in [1.165, 1.54) is 6.42 Å². The van der Waals surface area contributed by atoms with Crippen molar-refractivity contribution in [3.05, 3.63) is 23.8 Å². The number of nitrogens with one attached hydrogen (secondary N) is 1. The Hall–Kier alpha value is -2.28. The highest BCUT2D eigenvalue weighted by atomic mass is 16.7. The summed E-state index contributed by atoms with van der Waals surface area (Å²) in [6.07, 6.45) is 4.44. The number of hydrogen-bond acceptors (Lipinski definition) is 5. The van der Waals surface area contributed by atoms with Gasteiger partial charge in [0.05, 0.1) is 0 Å². The molecule has 3 aliphatic rings. The average Bonchev–Trinajstić information content (AvgIpc) is 3.17. The average molecular weight is 387 g/mol. The third kappa shape index (κ3) is 4.24. The number of carbonyl (C=O) groups is 2. The fourth-order valence-electron chi connectivity index (χ4n) is 4.31. The molecule has 2 amide bonds. The van der Waals surface area contributed by atoms with E-state index in [2.05, 4.69) is 17.1 Å². The minimum absolute atomic E-state index is 0.137. The molecule has 1 aromatic carbocycles. The van der Waals surface area contributed by atoms with Crippen LogP contribution in [0.4, 0.5) is 0 Å². The van der Waals surface area contributed by atoms with E-state index >= 15 is 0 Å². The fraction of sp³-hybridized carbons (Fsp3) is 0.619. The molecule has 152 valence electrons. The molecule has 0 bridgehead atoms. The summed E-state index contributed by atoms with van der Waals surface area (Å²) < 4.78 is 10.8. The van der Waals surface area contributed by atoms with Crippen LogP contribution < -0.4 is 14.8 Å². The van der Waals surface area contributed by atoms with Gasteiger partial charge in [-0.1, -0.05) is 25.8 Å². The Balaban J connectivity index is 1.25. The molecule has 0 radical (unpaired) electrons. The van der Waals surface area contributed by atoms with Crippen LogP contribution in [0, 0.1) is 5.92 Å². The van der Waals surface area contributed by atoms with Crippen molar-refractivity contribution in [2.45, 2.75) is 45.2 Å². The number of ether oxygens (including phenoxy) is 2. The van der Waals surface area contributed by atoms with E-state index in [1.54, 1.807) is 4.90 Å². The zero-order valence-corrected chi connectivity index (χ0v) is 16.5. The summed E-state index contributed by atoms with van der Waals surface area (Å²) in [6, 6.07) is 6.13. The molecular formula is C21H29N3O4. The maximum atomic E-state index is 12.5. The van der Waals surface area contributed by atoms with Crippen molar-refractivity contribution in [2.24, 2.45) is 5.92 Å². The Labute approximate surface area is 166 Å². The third-order valence-electron chi connectivity index (χ3n) is 6.12. The van der Waals surface area contributed by atoms with Gasteiger partial charge in [0, 0.05) is 38.8 Å². The van der Waals surface area contributed by atoms with Gasteiger partial charge in [-0.15, -0.1) is 0 Å². The van der Waals surface area contributed by atoms with Gasteiger partial charge in [-0.3, -0.25) is 14.5 Å². The van der Waals surface area contributed by atoms with E-state index in [0.717, 1.165) is 56.0 Å². The number of nitrogens with zero attached hydrogens (tertiary/aromatic N) is 2. The maximum absolute atomic E-state index is 12.5. The first-order chi connectivity index (χ1) is 13.6. The minimum Gasteiger partial charge on any atom is -0.454 e. The van der Waals surface area contributed by atoms with Crippen molar-refractivity contribution < 1.29 is 19.1 Å². The van der Waals surface area contributed by atoms with Crippen LogP contribution in [0.2, 0.25) is 0 Å². The van der Waals surface area contributed by atoms with E-state index in [9.17, 15) is 9.59 Å². The van der Waals surface area contributed by atoms with Crippen LogP contribution in [0.15, 0.2) is 18.2 Å². The number of rotatable bonds is 3. The van der Waals surface area contributed by atoms with Crippen molar-refractivity contribution >= 4 is 11.8 Å². The SMILES string of the molecule is CC1CCCCC1NC(=O)C(=O)N1CCN(Cc2ccc3c(c2)OCO3)CC1. The lowest BCUT2D eigenvalue weighted by Gasteiger charge is -2.35. The largest absolute Gasteiger partial charge is 0.454 e. The highest BCUT2D eigenvalue weighted by molar-refractivity contribution is 6.35. The van der Waals surface area contributed by atoms with Crippen LogP contribution in [0.3, 0.4) is 0 Å². The van der Waals surface area contributed by atoms with Crippen molar-refractivity contribution in [1.29, 1.82) is 0 Å². The van der Waals surface area contributed by atoms with Crippen LogP contribution in [0.5, 0.6) is 11.5 Å². The van der Waals surface area contributed by atoms with Gasteiger partial charge in [-0.25, -0.2) is 0 Å². The van der Waals surface area contributed by atoms with E-state index < -0.39 is 5.91 Å². The summed E-state index contributed by atoms with van der Waals surface area (Å²) in [5.41, 5.74) is 1.16. The molecule has 1 aromatic rings. The van der Waals surface area contributed by atoms with Crippen molar-refractivity contribution in [1.82, 2.24) is 15.1 Å². The van der Waals surface area contributed by atoms with E-state index in [-0.39, 0.29) is 18.7 Å². The molecule has 2 fully saturated rings. The zero-order chi connectivity index (χ0) is 19.5. The Morgan fingerprint density at radius 2 is 1.82 bits per heavy atom.